The van der Waals surface area contributed by atoms with Gasteiger partial charge in [0.2, 0.25) is 0 Å². The third-order valence-corrected chi connectivity index (χ3v) is 4.30. The normalized spacial score (nSPS) is 20.8. The summed E-state index contributed by atoms with van der Waals surface area (Å²) in [6.07, 6.45) is 4.15. The van der Waals surface area contributed by atoms with Gasteiger partial charge in [-0.3, -0.25) is 9.88 Å². The zero-order valence-electron chi connectivity index (χ0n) is 13.5. The maximum absolute atomic E-state index is 5.50. The number of rotatable bonds is 8. The highest BCUT2D eigenvalue weighted by Crippen LogP contribution is 2.13. The summed E-state index contributed by atoms with van der Waals surface area (Å²) in [6.45, 7) is 11.7. The molecule has 0 saturated carbocycles. The van der Waals surface area contributed by atoms with Crippen molar-refractivity contribution in [3.05, 3.63) is 30.1 Å². The van der Waals surface area contributed by atoms with Gasteiger partial charge in [0.15, 0.2) is 0 Å². The molecule has 1 aromatic rings. The molecule has 0 unspecified atom stereocenters. The second kappa shape index (κ2) is 9.13. The predicted octanol–water partition coefficient (Wildman–Crippen LogP) is 2.06. The van der Waals surface area contributed by atoms with E-state index in [1.807, 2.05) is 12.3 Å². The van der Waals surface area contributed by atoms with E-state index in [0.29, 0.717) is 6.04 Å². The summed E-state index contributed by atoms with van der Waals surface area (Å²) in [5.41, 5.74) is 1.20. The fraction of sp³-hybridized carbons (Fsp3) is 0.706. The number of aromatic nitrogens is 1. The number of piperazine rings is 1. The first-order valence-electron chi connectivity index (χ1n) is 8.27. The molecule has 0 bridgehead atoms. The van der Waals surface area contributed by atoms with Gasteiger partial charge in [0, 0.05) is 63.7 Å². The minimum Gasteiger partial charge on any atom is -0.380 e. The number of hydrogen-bond donors (Lipinski definition) is 0. The number of hydrogen-bond acceptors (Lipinski definition) is 4. The molecular formula is C17H29N3O. The van der Waals surface area contributed by atoms with Crippen molar-refractivity contribution in [2.75, 3.05) is 45.9 Å². The van der Waals surface area contributed by atoms with Crippen LogP contribution in [-0.2, 0) is 11.2 Å². The van der Waals surface area contributed by atoms with E-state index < -0.39 is 0 Å². The first-order valence-corrected chi connectivity index (χ1v) is 8.27. The molecule has 118 valence electrons. The van der Waals surface area contributed by atoms with Crippen LogP contribution >= 0.6 is 0 Å². The summed E-state index contributed by atoms with van der Waals surface area (Å²) in [5, 5.41) is 0. The second-order valence-electron chi connectivity index (χ2n) is 5.67. The highest BCUT2D eigenvalue weighted by atomic mass is 16.5. The molecule has 0 radical (unpaired) electrons. The van der Waals surface area contributed by atoms with Crippen LogP contribution < -0.4 is 0 Å². The molecule has 4 heteroatoms. The van der Waals surface area contributed by atoms with E-state index in [4.69, 9.17) is 4.74 Å². The van der Waals surface area contributed by atoms with Crippen molar-refractivity contribution in [2.45, 2.75) is 32.7 Å². The zero-order valence-corrected chi connectivity index (χ0v) is 13.5. The topological polar surface area (TPSA) is 28.6 Å². The van der Waals surface area contributed by atoms with Gasteiger partial charge in [0.1, 0.15) is 0 Å². The van der Waals surface area contributed by atoms with Gasteiger partial charge < -0.3 is 9.64 Å². The quantitative estimate of drug-likeness (QED) is 0.686. The summed E-state index contributed by atoms with van der Waals surface area (Å²) in [4.78, 5) is 9.59. The van der Waals surface area contributed by atoms with E-state index in [1.54, 1.807) is 0 Å². The van der Waals surface area contributed by atoms with E-state index in [9.17, 15) is 0 Å². The lowest BCUT2D eigenvalue weighted by Crippen LogP contribution is -2.53. The molecule has 0 N–H and O–H groups in total. The van der Waals surface area contributed by atoms with Crippen LogP contribution in [0.1, 0.15) is 26.0 Å². The molecule has 0 spiro atoms. The van der Waals surface area contributed by atoms with Gasteiger partial charge in [-0.05, 0) is 25.5 Å². The Morgan fingerprint density at radius 3 is 2.86 bits per heavy atom. The number of pyridine rings is 1. The Labute approximate surface area is 129 Å². The van der Waals surface area contributed by atoms with E-state index in [-0.39, 0.29) is 0 Å². The third kappa shape index (κ3) is 5.38. The molecular weight excluding hydrogens is 262 g/mol. The molecule has 2 heterocycles. The van der Waals surface area contributed by atoms with Crippen LogP contribution in [0.2, 0.25) is 0 Å². The maximum Gasteiger partial charge on any atom is 0.0593 e. The molecule has 0 amide bonds. The van der Waals surface area contributed by atoms with Gasteiger partial charge in [-0.25, -0.2) is 0 Å². The molecule has 0 aliphatic carbocycles. The molecule has 1 aromatic heterocycles. The minimum atomic E-state index is 0.669. The van der Waals surface area contributed by atoms with Gasteiger partial charge in [-0.15, -0.1) is 0 Å². The average molecular weight is 291 g/mol. The molecule has 4 nitrogen and oxygen atoms in total. The second-order valence-corrected chi connectivity index (χ2v) is 5.67. The Balaban J connectivity index is 1.75. The number of ether oxygens (including phenoxy) is 1. The fourth-order valence-corrected chi connectivity index (χ4v) is 2.99. The van der Waals surface area contributed by atoms with Crippen molar-refractivity contribution in [2.24, 2.45) is 0 Å². The van der Waals surface area contributed by atoms with Crippen LogP contribution in [0.3, 0.4) is 0 Å². The van der Waals surface area contributed by atoms with Gasteiger partial charge in [-0.2, -0.15) is 0 Å². The van der Waals surface area contributed by atoms with E-state index in [2.05, 4.69) is 40.8 Å². The highest BCUT2D eigenvalue weighted by molar-refractivity contribution is 5.03. The summed E-state index contributed by atoms with van der Waals surface area (Å²) < 4.78 is 5.50. The lowest BCUT2D eigenvalue weighted by Gasteiger charge is -2.41. The lowest BCUT2D eigenvalue weighted by atomic mass is 10.1. The highest BCUT2D eigenvalue weighted by Gasteiger charge is 2.24. The SMILES string of the molecule is CCOCCN1CCN(CCc2ccccn2)C[C@H]1CC. The molecule has 21 heavy (non-hydrogen) atoms. The fourth-order valence-electron chi connectivity index (χ4n) is 2.99. The first-order chi connectivity index (χ1) is 10.3. The Hall–Kier alpha value is -0.970. The van der Waals surface area contributed by atoms with Crippen molar-refractivity contribution in [3.8, 4) is 0 Å². The third-order valence-electron chi connectivity index (χ3n) is 4.30. The van der Waals surface area contributed by atoms with Crippen LogP contribution in [0.15, 0.2) is 24.4 Å². The van der Waals surface area contributed by atoms with Gasteiger partial charge in [0.05, 0.1) is 6.61 Å². The zero-order chi connectivity index (χ0) is 14.9. The summed E-state index contributed by atoms with van der Waals surface area (Å²) in [6, 6.07) is 6.84. The molecule has 2 rings (SSSR count). The standard InChI is InChI=1S/C17H29N3O/c1-3-17-15-19(10-8-16-7-5-6-9-18-16)11-12-20(17)13-14-21-4-2/h5-7,9,17H,3-4,8,10-15H2,1-2H3/t17-/m1/s1. The molecule has 1 saturated heterocycles. The Kier molecular flexibility index (Phi) is 7.13. The van der Waals surface area contributed by atoms with Crippen LogP contribution in [-0.4, -0.2) is 66.8 Å². The van der Waals surface area contributed by atoms with Gasteiger partial charge >= 0.3 is 0 Å². The summed E-state index contributed by atoms with van der Waals surface area (Å²) >= 11 is 0. The monoisotopic (exact) mass is 291 g/mol. The van der Waals surface area contributed by atoms with Crippen LogP contribution in [0.5, 0.6) is 0 Å². The Morgan fingerprint density at radius 1 is 1.24 bits per heavy atom. The van der Waals surface area contributed by atoms with E-state index >= 15 is 0 Å². The van der Waals surface area contributed by atoms with Crippen LogP contribution in [0, 0.1) is 0 Å². The molecule has 0 aromatic carbocycles. The maximum atomic E-state index is 5.50. The lowest BCUT2D eigenvalue weighted by molar-refractivity contribution is 0.0417. The van der Waals surface area contributed by atoms with E-state index in [0.717, 1.165) is 45.8 Å². The van der Waals surface area contributed by atoms with Crippen molar-refractivity contribution < 1.29 is 4.74 Å². The summed E-state index contributed by atoms with van der Waals surface area (Å²) in [7, 11) is 0. The molecule has 1 atom stereocenters. The van der Waals surface area contributed by atoms with Gasteiger partial charge in [0.25, 0.3) is 0 Å². The van der Waals surface area contributed by atoms with E-state index in [1.165, 1.54) is 18.7 Å². The van der Waals surface area contributed by atoms with Crippen molar-refractivity contribution >= 4 is 0 Å². The average Bonchev–Trinajstić information content (AvgIpc) is 2.55. The minimum absolute atomic E-state index is 0.669. The van der Waals surface area contributed by atoms with Gasteiger partial charge in [-0.1, -0.05) is 13.0 Å². The summed E-state index contributed by atoms with van der Waals surface area (Å²) in [5.74, 6) is 0. The van der Waals surface area contributed by atoms with Crippen LogP contribution in [0.25, 0.3) is 0 Å². The molecule has 1 fully saturated rings. The van der Waals surface area contributed by atoms with Crippen molar-refractivity contribution in [3.63, 3.8) is 0 Å². The first kappa shape index (κ1) is 16.4. The Bertz CT molecular complexity index is 385. The van der Waals surface area contributed by atoms with Crippen molar-refractivity contribution in [1.29, 1.82) is 0 Å². The number of nitrogens with zero attached hydrogens (tertiary/aromatic N) is 3. The van der Waals surface area contributed by atoms with Crippen LogP contribution in [0.4, 0.5) is 0 Å². The largest absolute Gasteiger partial charge is 0.380 e. The predicted molar refractivity (Wildman–Crippen MR) is 86.5 cm³/mol. The molecule has 1 aliphatic heterocycles. The van der Waals surface area contributed by atoms with Crippen molar-refractivity contribution in [1.82, 2.24) is 14.8 Å². The smallest absolute Gasteiger partial charge is 0.0593 e. The molecule has 1 aliphatic rings. The Morgan fingerprint density at radius 2 is 2.14 bits per heavy atom.